The Hall–Kier alpha value is -0.570. The number of carbonyl (C=O) groups excluding carboxylic acids is 1. The van der Waals surface area contributed by atoms with Crippen LogP contribution < -0.4 is 5.73 Å². The smallest absolute Gasteiger partial charge is 0.225 e. The zero-order chi connectivity index (χ0) is 9.14. The van der Waals surface area contributed by atoms with E-state index in [9.17, 15) is 4.79 Å². The summed E-state index contributed by atoms with van der Waals surface area (Å²) in [5.74, 6) is 0.425. The first-order valence-corrected chi connectivity index (χ1v) is 4.58. The molecule has 0 saturated heterocycles. The van der Waals surface area contributed by atoms with Gasteiger partial charge in [0, 0.05) is 26.1 Å². The van der Waals surface area contributed by atoms with Gasteiger partial charge in [-0.1, -0.05) is 6.42 Å². The number of hydrogen-bond acceptors (Lipinski definition) is 2. The first-order valence-electron chi connectivity index (χ1n) is 4.58. The summed E-state index contributed by atoms with van der Waals surface area (Å²) in [6.45, 7) is 0. The van der Waals surface area contributed by atoms with Crippen LogP contribution in [0.4, 0.5) is 0 Å². The maximum absolute atomic E-state index is 11.5. The monoisotopic (exact) mass is 170 g/mol. The van der Waals surface area contributed by atoms with E-state index in [-0.39, 0.29) is 17.9 Å². The fourth-order valence-corrected chi connectivity index (χ4v) is 1.82. The summed E-state index contributed by atoms with van der Waals surface area (Å²) < 4.78 is 0. The van der Waals surface area contributed by atoms with Gasteiger partial charge in [-0.25, -0.2) is 0 Å². The van der Waals surface area contributed by atoms with Gasteiger partial charge in [-0.15, -0.1) is 0 Å². The molecule has 1 fully saturated rings. The van der Waals surface area contributed by atoms with E-state index in [4.69, 9.17) is 5.73 Å². The summed E-state index contributed by atoms with van der Waals surface area (Å²) in [5.41, 5.74) is 5.79. The van der Waals surface area contributed by atoms with E-state index in [1.54, 1.807) is 4.90 Å². The van der Waals surface area contributed by atoms with Crippen LogP contribution in [0.1, 0.15) is 25.7 Å². The maximum atomic E-state index is 11.5. The molecule has 0 aliphatic heterocycles. The van der Waals surface area contributed by atoms with Crippen molar-refractivity contribution in [2.24, 2.45) is 11.7 Å². The molecule has 2 atom stereocenters. The highest BCUT2D eigenvalue weighted by Gasteiger charge is 2.25. The van der Waals surface area contributed by atoms with Gasteiger partial charge in [-0.05, 0) is 19.3 Å². The second-order valence-electron chi connectivity index (χ2n) is 3.86. The summed E-state index contributed by atoms with van der Waals surface area (Å²) in [6.07, 6.45) is 4.07. The Bertz CT molecular complexity index is 168. The molecule has 3 heteroatoms. The topological polar surface area (TPSA) is 46.3 Å². The minimum absolute atomic E-state index is 0.184. The Balaban J connectivity index is 2.46. The molecule has 1 aliphatic carbocycles. The number of carbonyl (C=O) groups is 1. The second kappa shape index (κ2) is 3.90. The van der Waals surface area contributed by atoms with Crippen molar-refractivity contribution < 1.29 is 4.79 Å². The van der Waals surface area contributed by atoms with E-state index in [0.717, 1.165) is 25.7 Å². The Morgan fingerprint density at radius 1 is 1.42 bits per heavy atom. The van der Waals surface area contributed by atoms with Crippen LogP contribution >= 0.6 is 0 Å². The second-order valence-corrected chi connectivity index (χ2v) is 3.86. The van der Waals surface area contributed by atoms with E-state index in [2.05, 4.69) is 0 Å². The molecule has 2 unspecified atom stereocenters. The van der Waals surface area contributed by atoms with Crippen LogP contribution in [0.25, 0.3) is 0 Å². The molecule has 1 aliphatic rings. The molecule has 0 aromatic heterocycles. The van der Waals surface area contributed by atoms with Crippen molar-refractivity contribution in [2.75, 3.05) is 14.1 Å². The zero-order valence-electron chi connectivity index (χ0n) is 7.92. The molecule has 12 heavy (non-hydrogen) atoms. The van der Waals surface area contributed by atoms with Gasteiger partial charge in [-0.3, -0.25) is 4.79 Å². The largest absolute Gasteiger partial charge is 0.349 e. The van der Waals surface area contributed by atoms with Gasteiger partial charge in [0.2, 0.25) is 5.91 Å². The van der Waals surface area contributed by atoms with Gasteiger partial charge in [0.15, 0.2) is 0 Å². The molecule has 0 radical (unpaired) electrons. The minimum atomic E-state index is 0.184. The molecule has 1 saturated carbocycles. The van der Waals surface area contributed by atoms with Crippen molar-refractivity contribution in [1.29, 1.82) is 0 Å². The van der Waals surface area contributed by atoms with Crippen molar-refractivity contribution in [2.45, 2.75) is 31.7 Å². The highest BCUT2D eigenvalue weighted by Crippen LogP contribution is 2.24. The Morgan fingerprint density at radius 3 is 2.58 bits per heavy atom. The van der Waals surface area contributed by atoms with Gasteiger partial charge in [0.05, 0.1) is 0 Å². The molecular weight excluding hydrogens is 152 g/mol. The molecule has 0 heterocycles. The van der Waals surface area contributed by atoms with Crippen LogP contribution in [0.2, 0.25) is 0 Å². The van der Waals surface area contributed by atoms with Crippen molar-refractivity contribution in [3.05, 3.63) is 0 Å². The summed E-state index contributed by atoms with van der Waals surface area (Å²) in [5, 5.41) is 0. The van der Waals surface area contributed by atoms with Gasteiger partial charge in [0.1, 0.15) is 0 Å². The van der Waals surface area contributed by atoms with E-state index in [1.165, 1.54) is 0 Å². The van der Waals surface area contributed by atoms with Crippen molar-refractivity contribution in [1.82, 2.24) is 4.90 Å². The van der Waals surface area contributed by atoms with Crippen molar-refractivity contribution in [3.8, 4) is 0 Å². The lowest BCUT2D eigenvalue weighted by Gasteiger charge is -2.27. The zero-order valence-corrected chi connectivity index (χ0v) is 7.92. The molecular formula is C9H18N2O. The van der Waals surface area contributed by atoms with Gasteiger partial charge in [-0.2, -0.15) is 0 Å². The predicted octanol–water partition coefficient (Wildman–Crippen LogP) is 0.592. The van der Waals surface area contributed by atoms with Crippen LogP contribution in [0, 0.1) is 5.92 Å². The first kappa shape index (κ1) is 9.52. The third-order valence-corrected chi connectivity index (χ3v) is 2.50. The van der Waals surface area contributed by atoms with E-state index < -0.39 is 0 Å². The summed E-state index contributed by atoms with van der Waals surface area (Å²) in [6, 6.07) is 0.243. The molecule has 70 valence electrons. The third kappa shape index (κ3) is 2.21. The number of hydrogen-bond donors (Lipinski definition) is 1. The quantitative estimate of drug-likeness (QED) is 0.626. The SMILES string of the molecule is CN(C)C(=O)C1CCCC(N)C1. The first-order chi connectivity index (χ1) is 5.61. The molecule has 0 bridgehead atoms. The van der Waals surface area contributed by atoms with E-state index in [1.807, 2.05) is 14.1 Å². The lowest BCUT2D eigenvalue weighted by Crippen LogP contribution is -2.37. The Labute approximate surface area is 73.9 Å². The Morgan fingerprint density at radius 2 is 2.08 bits per heavy atom. The predicted molar refractivity (Wildman–Crippen MR) is 48.6 cm³/mol. The molecule has 1 rings (SSSR count). The number of nitrogens with zero attached hydrogens (tertiary/aromatic N) is 1. The highest BCUT2D eigenvalue weighted by atomic mass is 16.2. The van der Waals surface area contributed by atoms with Crippen molar-refractivity contribution >= 4 is 5.91 Å². The van der Waals surface area contributed by atoms with Crippen LogP contribution in [0.15, 0.2) is 0 Å². The van der Waals surface area contributed by atoms with E-state index in [0.29, 0.717) is 0 Å². The molecule has 0 aromatic rings. The third-order valence-electron chi connectivity index (χ3n) is 2.50. The number of nitrogens with two attached hydrogens (primary N) is 1. The highest BCUT2D eigenvalue weighted by molar-refractivity contribution is 5.78. The van der Waals surface area contributed by atoms with Gasteiger partial charge < -0.3 is 10.6 Å². The summed E-state index contributed by atoms with van der Waals surface area (Å²) in [7, 11) is 3.62. The number of rotatable bonds is 1. The normalized spacial score (nSPS) is 29.9. The van der Waals surface area contributed by atoms with E-state index >= 15 is 0 Å². The maximum Gasteiger partial charge on any atom is 0.225 e. The average Bonchev–Trinajstić information content (AvgIpc) is 2.03. The van der Waals surface area contributed by atoms with Crippen LogP contribution in [-0.4, -0.2) is 30.9 Å². The molecule has 0 aromatic carbocycles. The standard InChI is InChI=1S/C9H18N2O/c1-11(2)9(12)7-4-3-5-8(10)6-7/h7-8H,3-6,10H2,1-2H3. The Kier molecular flexibility index (Phi) is 3.09. The fourth-order valence-electron chi connectivity index (χ4n) is 1.82. The minimum Gasteiger partial charge on any atom is -0.349 e. The van der Waals surface area contributed by atoms with Crippen LogP contribution in [-0.2, 0) is 4.79 Å². The average molecular weight is 170 g/mol. The van der Waals surface area contributed by atoms with Gasteiger partial charge in [0.25, 0.3) is 0 Å². The molecule has 3 nitrogen and oxygen atoms in total. The summed E-state index contributed by atoms with van der Waals surface area (Å²) >= 11 is 0. The number of amides is 1. The lowest BCUT2D eigenvalue weighted by molar-refractivity contribution is -0.134. The van der Waals surface area contributed by atoms with Crippen molar-refractivity contribution in [3.63, 3.8) is 0 Å². The lowest BCUT2D eigenvalue weighted by atomic mass is 9.85. The molecule has 0 spiro atoms. The van der Waals surface area contributed by atoms with Crippen LogP contribution in [0.5, 0.6) is 0 Å². The van der Waals surface area contributed by atoms with Crippen LogP contribution in [0.3, 0.4) is 0 Å². The summed E-state index contributed by atoms with van der Waals surface area (Å²) in [4.78, 5) is 13.2. The molecule has 1 amide bonds. The van der Waals surface area contributed by atoms with Gasteiger partial charge >= 0.3 is 0 Å². The molecule has 2 N–H and O–H groups in total. The fraction of sp³-hybridized carbons (Fsp3) is 0.889.